The fraction of sp³-hybridized carbons (Fsp3) is 0.467. The van der Waals surface area contributed by atoms with Gasteiger partial charge in [-0.15, -0.1) is 0 Å². The molecule has 6 heteroatoms. The predicted molar refractivity (Wildman–Crippen MR) is 147 cm³/mol. The van der Waals surface area contributed by atoms with Crippen LogP contribution in [0, 0.1) is 5.41 Å². The van der Waals surface area contributed by atoms with Crippen LogP contribution >= 0.6 is 0 Å². The van der Waals surface area contributed by atoms with Crippen LogP contribution in [0.15, 0.2) is 66.9 Å². The van der Waals surface area contributed by atoms with E-state index in [-0.39, 0.29) is 23.5 Å². The lowest BCUT2D eigenvalue weighted by Crippen LogP contribution is -2.50. The van der Waals surface area contributed by atoms with Gasteiger partial charge in [0.1, 0.15) is 5.82 Å². The minimum atomic E-state index is -0.235. The van der Waals surface area contributed by atoms with Crippen molar-refractivity contribution in [2.45, 2.75) is 65.6 Å². The van der Waals surface area contributed by atoms with Crippen molar-refractivity contribution in [3.05, 3.63) is 78.2 Å². The van der Waals surface area contributed by atoms with Gasteiger partial charge in [0.25, 0.3) is 0 Å². The van der Waals surface area contributed by atoms with Gasteiger partial charge in [0.05, 0.1) is 11.7 Å². The molecule has 0 spiro atoms. The number of likely N-dealkylation sites (tertiary alicyclic amines) is 1. The van der Waals surface area contributed by atoms with E-state index in [9.17, 15) is 4.79 Å². The third-order valence-electron chi connectivity index (χ3n) is 7.10. The molecule has 192 valence electrons. The van der Waals surface area contributed by atoms with Gasteiger partial charge >= 0.3 is 6.03 Å². The Bertz CT molecular complexity index is 1120. The number of aromatic nitrogens is 2. The van der Waals surface area contributed by atoms with Crippen LogP contribution < -0.4 is 5.73 Å². The molecule has 0 bridgehead atoms. The zero-order chi connectivity index (χ0) is 25.7. The summed E-state index contributed by atoms with van der Waals surface area (Å²) in [6.45, 7) is 11.4. The molecular weight excluding hydrogens is 446 g/mol. The molecule has 4 rings (SSSR count). The summed E-state index contributed by atoms with van der Waals surface area (Å²) in [5.41, 5.74) is 8.92. The van der Waals surface area contributed by atoms with E-state index >= 15 is 0 Å². The van der Waals surface area contributed by atoms with Gasteiger partial charge < -0.3 is 20.1 Å². The van der Waals surface area contributed by atoms with Gasteiger partial charge in [-0.3, -0.25) is 0 Å². The highest BCUT2D eigenvalue weighted by atomic mass is 16.2. The average molecular weight is 488 g/mol. The lowest BCUT2D eigenvalue weighted by atomic mass is 9.84. The minimum Gasteiger partial charge on any atom is -0.330 e. The molecule has 1 aliphatic rings. The van der Waals surface area contributed by atoms with E-state index in [2.05, 4.69) is 74.9 Å². The first-order valence-electron chi connectivity index (χ1n) is 13.2. The first kappa shape index (κ1) is 26.0. The average Bonchev–Trinajstić information content (AvgIpc) is 3.48. The molecule has 3 aromatic rings. The number of nitrogens with zero attached hydrogens (tertiary/aromatic N) is 4. The summed E-state index contributed by atoms with van der Waals surface area (Å²) < 4.78 is 2.24. The van der Waals surface area contributed by atoms with E-state index < -0.39 is 0 Å². The van der Waals surface area contributed by atoms with Crippen LogP contribution in [0.5, 0.6) is 0 Å². The summed E-state index contributed by atoms with van der Waals surface area (Å²) in [5, 5.41) is 0. The first-order chi connectivity index (χ1) is 17.3. The lowest BCUT2D eigenvalue weighted by Gasteiger charge is -2.42. The first-order valence-corrected chi connectivity index (χ1v) is 13.2. The maximum atomic E-state index is 14.0. The molecule has 1 saturated heterocycles. The Labute approximate surface area is 216 Å². The molecule has 1 fully saturated rings. The number of amides is 2. The van der Waals surface area contributed by atoms with Gasteiger partial charge in [-0.05, 0) is 43.7 Å². The molecule has 2 aromatic carbocycles. The lowest BCUT2D eigenvalue weighted by molar-refractivity contribution is 0.0819. The van der Waals surface area contributed by atoms with E-state index in [1.807, 2.05) is 34.1 Å². The molecule has 2 amide bonds. The zero-order valence-electron chi connectivity index (χ0n) is 22.2. The number of imidazole rings is 1. The van der Waals surface area contributed by atoms with Crippen LogP contribution in [0.1, 0.15) is 64.4 Å². The molecule has 2 heterocycles. The Hall–Kier alpha value is -3.12. The fourth-order valence-corrected chi connectivity index (χ4v) is 5.28. The van der Waals surface area contributed by atoms with Crippen LogP contribution in [0.25, 0.3) is 11.3 Å². The van der Waals surface area contributed by atoms with Gasteiger partial charge in [0.2, 0.25) is 0 Å². The highest BCUT2D eigenvalue weighted by molar-refractivity contribution is 5.76. The van der Waals surface area contributed by atoms with Crippen molar-refractivity contribution in [3.63, 3.8) is 0 Å². The second-order valence-electron chi connectivity index (χ2n) is 11.0. The summed E-state index contributed by atoms with van der Waals surface area (Å²) in [6.07, 6.45) is 5.00. The number of rotatable bonds is 8. The SMILES string of the molecule is C[C@H]1CCCN1C(=O)N(CCCN)[C@@H](c1nc(-c2ccccc2)cn1Cc1ccccc1)C(C)(C)C. The molecule has 1 aliphatic heterocycles. The Balaban J connectivity index is 1.82. The monoisotopic (exact) mass is 487 g/mol. The number of nitrogens with two attached hydrogens (primary N) is 1. The topological polar surface area (TPSA) is 67.4 Å². The number of benzene rings is 2. The molecule has 0 saturated carbocycles. The Morgan fingerprint density at radius 3 is 2.36 bits per heavy atom. The van der Waals surface area contributed by atoms with E-state index in [0.29, 0.717) is 19.6 Å². The summed E-state index contributed by atoms with van der Waals surface area (Å²) in [6, 6.07) is 20.9. The highest BCUT2D eigenvalue weighted by Crippen LogP contribution is 2.40. The zero-order valence-corrected chi connectivity index (χ0v) is 22.2. The van der Waals surface area contributed by atoms with E-state index in [0.717, 1.165) is 42.9 Å². The standard InChI is InChI=1S/C30H41N5O/c1-23-13-11-19-34(23)29(36)35(20-12-18-31)27(30(2,3)4)28-32-26(25-16-9-6-10-17-25)22-33(28)21-24-14-7-5-8-15-24/h5-10,14-17,22-23,27H,11-13,18-21,31H2,1-4H3/t23-,27-/m0/s1. The second-order valence-corrected chi connectivity index (χ2v) is 11.0. The summed E-state index contributed by atoms with van der Waals surface area (Å²) in [5.74, 6) is 0.919. The van der Waals surface area contributed by atoms with E-state index in [4.69, 9.17) is 10.7 Å². The summed E-state index contributed by atoms with van der Waals surface area (Å²) in [4.78, 5) is 23.4. The Morgan fingerprint density at radius 1 is 1.11 bits per heavy atom. The molecule has 2 atom stereocenters. The quantitative estimate of drug-likeness (QED) is 0.427. The molecule has 1 aromatic heterocycles. The van der Waals surface area contributed by atoms with E-state index in [1.54, 1.807) is 0 Å². The van der Waals surface area contributed by atoms with E-state index in [1.165, 1.54) is 5.56 Å². The van der Waals surface area contributed by atoms with Crippen LogP contribution in [0.2, 0.25) is 0 Å². The number of carbonyl (C=O) groups excluding carboxylic acids is 1. The predicted octanol–water partition coefficient (Wildman–Crippen LogP) is 5.94. The van der Waals surface area contributed by atoms with Crippen molar-refractivity contribution in [3.8, 4) is 11.3 Å². The number of urea groups is 1. The highest BCUT2D eigenvalue weighted by Gasteiger charge is 2.41. The minimum absolute atomic E-state index is 0.101. The molecule has 36 heavy (non-hydrogen) atoms. The summed E-state index contributed by atoms with van der Waals surface area (Å²) in [7, 11) is 0. The Kier molecular flexibility index (Phi) is 8.14. The van der Waals surface area contributed by atoms with Gasteiger partial charge in [-0.1, -0.05) is 81.4 Å². The van der Waals surface area contributed by atoms with Gasteiger partial charge in [0, 0.05) is 37.4 Å². The maximum absolute atomic E-state index is 14.0. The van der Waals surface area contributed by atoms with Crippen molar-refractivity contribution < 1.29 is 4.79 Å². The van der Waals surface area contributed by atoms with Crippen LogP contribution in [-0.2, 0) is 6.54 Å². The third kappa shape index (κ3) is 5.81. The van der Waals surface area contributed by atoms with Crippen LogP contribution in [0.3, 0.4) is 0 Å². The normalized spacial score (nSPS) is 16.8. The number of hydrogen-bond acceptors (Lipinski definition) is 3. The van der Waals surface area contributed by atoms with Crippen molar-refractivity contribution in [2.24, 2.45) is 11.1 Å². The largest absolute Gasteiger partial charge is 0.330 e. The van der Waals surface area contributed by atoms with Crippen molar-refractivity contribution in [2.75, 3.05) is 19.6 Å². The molecule has 0 aliphatic carbocycles. The van der Waals surface area contributed by atoms with Crippen molar-refractivity contribution in [1.29, 1.82) is 0 Å². The van der Waals surface area contributed by atoms with Crippen molar-refractivity contribution in [1.82, 2.24) is 19.4 Å². The second kappa shape index (κ2) is 11.3. The van der Waals surface area contributed by atoms with Crippen LogP contribution in [-0.4, -0.2) is 51.1 Å². The third-order valence-corrected chi connectivity index (χ3v) is 7.10. The van der Waals surface area contributed by atoms with Gasteiger partial charge in [-0.25, -0.2) is 9.78 Å². The fourth-order valence-electron chi connectivity index (χ4n) is 5.28. The molecule has 0 unspecified atom stereocenters. The molecule has 0 radical (unpaired) electrons. The maximum Gasteiger partial charge on any atom is 0.320 e. The summed E-state index contributed by atoms with van der Waals surface area (Å²) >= 11 is 0. The number of hydrogen-bond donors (Lipinski definition) is 1. The number of carbonyl (C=O) groups is 1. The van der Waals surface area contributed by atoms with Crippen LogP contribution in [0.4, 0.5) is 4.79 Å². The smallest absolute Gasteiger partial charge is 0.320 e. The molecule has 6 nitrogen and oxygen atoms in total. The molecular formula is C30H41N5O. The molecule has 2 N–H and O–H groups in total. The Morgan fingerprint density at radius 2 is 1.78 bits per heavy atom. The van der Waals surface area contributed by atoms with Crippen molar-refractivity contribution >= 4 is 6.03 Å². The van der Waals surface area contributed by atoms with Gasteiger partial charge in [-0.2, -0.15) is 0 Å². The van der Waals surface area contributed by atoms with Gasteiger partial charge in [0.15, 0.2) is 0 Å².